The van der Waals surface area contributed by atoms with Gasteiger partial charge < -0.3 is 10.6 Å². The predicted molar refractivity (Wildman–Crippen MR) is 59.9 cm³/mol. The van der Waals surface area contributed by atoms with Crippen molar-refractivity contribution in [1.82, 2.24) is 4.90 Å². The number of hydrogen-bond donors (Lipinski definition) is 1. The molecule has 2 N–H and O–H groups in total. The molecule has 18 heavy (non-hydrogen) atoms. The minimum absolute atomic E-state index is 0.0546. The lowest BCUT2D eigenvalue weighted by Gasteiger charge is -2.16. The Kier molecular flexibility index (Phi) is 3.30. The molecule has 1 fully saturated rings. The van der Waals surface area contributed by atoms with Crippen LogP contribution in [0, 0.1) is 0 Å². The number of amides is 1. The molecule has 1 aromatic rings. The van der Waals surface area contributed by atoms with Crippen LogP contribution in [0.1, 0.15) is 22.3 Å². The van der Waals surface area contributed by atoms with Crippen molar-refractivity contribution in [1.29, 1.82) is 0 Å². The maximum Gasteiger partial charge on any atom is 0.416 e. The highest BCUT2D eigenvalue weighted by Gasteiger charge is 2.32. The van der Waals surface area contributed by atoms with Gasteiger partial charge in [-0.1, -0.05) is 6.07 Å². The van der Waals surface area contributed by atoms with Crippen LogP contribution in [-0.4, -0.2) is 29.9 Å². The van der Waals surface area contributed by atoms with Crippen LogP contribution in [0.3, 0.4) is 0 Å². The summed E-state index contributed by atoms with van der Waals surface area (Å²) >= 11 is 0. The predicted octanol–water partition coefficient (Wildman–Crippen LogP) is 1.88. The Balaban J connectivity index is 2.21. The maximum atomic E-state index is 12.5. The Labute approximate surface area is 102 Å². The Hall–Kier alpha value is -1.56. The molecule has 0 spiro atoms. The number of halogens is 3. The summed E-state index contributed by atoms with van der Waals surface area (Å²) in [5.41, 5.74) is 4.91. The smallest absolute Gasteiger partial charge is 0.337 e. The first-order valence-corrected chi connectivity index (χ1v) is 5.60. The zero-order valence-electron chi connectivity index (χ0n) is 9.57. The quantitative estimate of drug-likeness (QED) is 0.836. The van der Waals surface area contributed by atoms with E-state index in [-0.39, 0.29) is 11.6 Å². The van der Waals surface area contributed by atoms with Crippen LogP contribution in [-0.2, 0) is 6.18 Å². The molecule has 0 radical (unpaired) electrons. The van der Waals surface area contributed by atoms with Crippen molar-refractivity contribution in [3.63, 3.8) is 0 Å². The van der Waals surface area contributed by atoms with E-state index in [1.807, 2.05) is 0 Å². The van der Waals surface area contributed by atoms with Gasteiger partial charge in [0.1, 0.15) is 0 Å². The Morgan fingerprint density at radius 2 is 2.11 bits per heavy atom. The topological polar surface area (TPSA) is 46.3 Å². The third-order valence-electron chi connectivity index (χ3n) is 2.95. The van der Waals surface area contributed by atoms with E-state index in [0.717, 1.165) is 12.1 Å². The van der Waals surface area contributed by atoms with Gasteiger partial charge in [0.15, 0.2) is 0 Å². The van der Waals surface area contributed by atoms with Crippen LogP contribution in [0.25, 0.3) is 0 Å². The third-order valence-corrected chi connectivity index (χ3v) is 2.95. The minimum Gasteiger partial charge on any atom is -0.337 e. The summed E-state index contributed by atoms with van der Waals surface area (Å²) < 4.78 is 37.6. The number of rotatable bonds is 1. The SMILES string of the molecule is NC1CCN(C(=O)c2cccc(C(F)(F)F)c2)C1. The number of benzene rings is 1. The highest BCUT2D eigenvalue weighted by molar-refractivity contribution is 5.94. The number of nitrogens with two attached hydrogens (primary N) is 1. The van der Waals surface area contributed by atoms with Gasteiger partial charge in [0.25, 0.3) is 5.91 Å². The summed E-state index contributed by atoms with van der Waals surface area (Å²) in [6.07, 6.45) is -3.75. The van der Waals surface area contributed by atoms with Gasteiger partial charge in [-0.25, -0.2) is 0 Å². The van der Waals surface area contributed by atoms with Gasteiger partial charge in [-0.05, 0) is 24.6 Å². The molecular weight excluding hydrogens is 245 g/mol. The normalized spacial score (nSPS) is 20.2. The number of carbonyl (C=O) groups is 1. The molecule has 3 nitrogen and oxygen atoms in total. The van der Waals surface area contributed by atoms with Gasteiger partial charge in [0, 0.05) is 24.7 Å². The lowest BCUT2D eigenvalue weighted by molar-refractivity contribution is -0.137. The second-order valence-electron chi connectivity index (χ2n) is 4.38. The molecule has 0 aromatic heterocycles. The van der Waals surface area contributed by atoms with E-state index >= 15 is 0 Å². The van der Waals surface area contributed by atoms with Crippen LogP contribution >= 0.6 is 0 Å². The second kappa shape index (κ2) is 4.61. The van der Waals surface area contributed by atoms with Crippen molar-refractivity contribution in [2.24, 2.45) is 5.73 Å². The van der Waals surface area contributed by atoms with E-state index < -0.39 is 17.6 Å². The van der Waals surface area contributed by atoms with Gasteiger partial charge in [-0.15, -0.1) is 0 Å². The summed E-state index contributed by atoms with van der Waals surface area (Å²) in [5, 5.41) is 0. The number of hydrogen-bond acceptors (Lipinski definition) is 2. The van der Waals surface area contributed by atoms with Crippen molar-refractivity contribution < 1.29 is 18.0 Å². The molecule has 0 saturated carbocycles. The van der Waals surface area contributed by atoms with E-state index in [2.05, 4.69) is 0 Å². The zero-order chi connectivity index (χ0) is 13.3. The van der Waals surface area contributed by atoms with Crippen LogP contribution in [0.2, 0.25) is 0 Å². The molecule has 1 aromatic carbocycles. The fourth-order valence-corrected chi connectivity index (χ4v) is 1.98. The monoisotopic (exact) mass is 258 g/mol. The molecule has 98 valence electrons. The minimum atomic E-state index is -4.43. The lowest BCUT2D eigenvalue weighted by Crippen LogP contribution is -2.32. The molecule has 1 saturated heterocycles. The maximum absolute atomic E-state index is 12.5. The van der Waals surface area contributed by atoms with Gasteiger partial charge in [-0.2, -0.15) is 13.2 Å². The number of alkyl halides is 3. The average molecular weight is 258 g/mol. The number of nitrogens with zero attached hydrogens (tertiary/aromatic N) is 1. The van der Waals surface area contributed by atoms with E-state index in [9.17, 15) is 18.0 Å². The van der Waals surface area contributed by atoms with E-state index in [0.29, 0.717) is 19.5 Å². The van der Waals surface area contributed by atoms with Gasteiger partial charge in [-0.3, -0.25) is 4.79 Å². The molecule has 0 aliphatic carbocycles. The van der Waals surface area contributed by atoms with E-state index in [1.165, 1.54) is 17.0 Å². The third kappa shape index (κ3) is 2.64. The molecule has 1 aliphatic heterocycles. The molecule has 1 atom stereocenters. The summed E-state index contributed by atoms with van der Waals surface area (Å²) in [6.45, 7) is 0.894. The van der Waals surface area contributed by atoms with Gasteiger partial charge in [0.05, 0.1) is 5.56 Å². The summed E-state index contributed by atoms with van der Waals surface area (Å²) in [4.78, 5) is 13.5. The van der Waals surface area contributed by atoms with Gasteiger partial charge in [0.2, 0.25) is 0 Å². The van der Waals surface area contributed by atoms with Gasteiger partial charge >= 0.3 is 6.18 Å². The fourth-order valence-electron chi connectivity index (χ4n) is 1.98. The number of carbonyl (C=O) groups excluding carboxylic acids is 1. The van der Waals surface area contributed by atoms with Crippen molar-refractivity contribution in [2.75, 3.05) is 13.1 Å². The number of likely N-dealkylation sites (tertiary alicyclic amines) is 1. The van der Waals surface area contributed by atoms with Crippen LogP contribution in [0.4, 0.5) is 13.2 Å². The van der Waals surface area contributed by atoms with Crippen LogP contribution < -0.4 is 5.73 Å². The first-order chi connectivity index (χ1) is 8.38. The molecule has 0 bridgehead atoms. The Morgan fingerprint density at radius 3 is 2.67 bits per heavy atom. The highest BCUT2D eigenvalue weighted by atomic mass is 19.4. The molecule has 6 heteroatoms. The van der Waals surface area contributed by atoms with Crippen LogP contribution in [0.15, 0.2) is 24.3 Å². The first-order valence-electron chi connectivity index (χ1n) is 5.60. The molecular formula is C12H13F3N2O. The molecule has 1 amide bonds. The largest absolute Gasteiger partial charge is 0.416 e. The fraction of sp³-hybridized carbons (Fsp3) is 0.417. The Morgan fingerprint density at radius 1 is 1.39 bits per heavy atom. The summed E-state index contributed by atoms with van der Waals surface area (Å²) in [5.74, 6) is -0.394. The molecule has 1 heterocycles. The standard InChI is InChI=1S/C12H13F3N2O/c13-12(14,15)9-3-1-2-8(6-9)11(18)17-5-4-10(16)7-17/h1-3,6,10H,4-5,7,16H2. The van der Waals surface area contributed by atoms with Crippen molar-refractivity contribution in [3.05, 3.63) is 35.4 Å². The van der Waals surface area contributed by atoms with Crippen molar-refractivity contribution >= 4 is 5.91 Å². The highest BCUT2D eigenvalue weighted by Crippen LogP contribution is 2.29. The van der Waals surface area contributed by atoms with E-state index in [4.69, 9.17) is 5.73 Å². The van der Waals surface area contributed by atoms with Crippen molar-refractivity contribution in [3.8, 4) is 0 Å². The summed E-state index contributed by atoms with van der Waals surface area (Å²) in [6, 6.07) is 4.38. The first kappa shape index (κ1) is 12.9. The molecule has 1 unspecified atom stereocenters. The second-order valence-corrected chi connectivity index (χ2v) is 4.38. The zero-order valence-corrected chi connectivity index (χ0v) is 9.57. The molecule has 1 aliphatic rings. The average Bonchev–Trinajstić information content (AvgIpc) is 2.74. The Bertz CT molecular complexity index is 459. The van der Waals surface area contributed by atoms with Crippen molar-refractivity contribution in [2.45, 2.75) is 18.6 Å². The lowest BCUT2D eigenvalue weighted by atomic mass is 10.1. The summed E-state index contributed by atoms with van der Waals surface area (Å²) in [7, 11) is 0. The van der Waals surface area contributed by atoms with Crippen LogP contribution in [0.5, 0.6) is 0 Å². The molecule has 2 rings (SSSR count). The van der Waals surface area contributed by atoms with E-state index in [1.54, 1.807) is 0 Å².